The third-order valence-corrected chi connectivity index (χ3v) is 7.25. The van der Waals surface area contributed by atoms with E-state index in [9.17, 15) is 4.79 Å². The Morgan fingerprint density at radius 1 is 0.882 bits per heavy atom. The SMILES string of the molecule is Cc1cc2[nH]c(=O)n(C3CCN(CCCN(c4ccccc4)c4ccccc4)CC3)c2cc1C. The molecular formula is C29H34N4O. The Hall–Kier alpha value is -3.31. The number of benzene rings is 3. The second-order valence-electron chi connectivity index (χ2n) is 9.50. The summed E-state index contributed by atoms with van der Waals surface area (Å²) in [7, 11) is 0. The Morgan fingerprint density at radius 2 is 1.47 bits per heavy atom. The van der Waals surface area contributed by atoms with E-state index in [0.717, 1.165) is 56.5 Å². The highest BCUT2D eigenvalue weighted by atomic mass is 16.1. The van der Waals surface area contributed by atoms with Gasteiger partial charge in [0.05, 0.1) is 11.0 Å². The van der Waals surface area contributed by atoms with E-state index in [1.54, 1.807) is 0 Å². The first-order chi connectivity index (χ1) is 16.6. The summed E-state index contributed by atoms with van der Waals surface area (Å²) in [6, 6.07) is 25.8. The Balaban J connectivity index is 1.21. The van der Waals surface area contributed by atoms with Crippen molar-refractivity contribution in [2.75, 3.05) is 31.1 Å². The van der Waals surface area contributed by atoms with Crippen molar-refractivity contribution in [2.45, 2.75) is 39.2 Å². The molecule has 176 valence electrons. The van der Waals surface area contributed by atoms with Gasteiger partial charge in [0.1, 0.15) is 0 Å². The number of rotatable bonds is 7. The summed E-state index contributed by atoms with van der Waals surface area (Å²) in [6.07, 6.45) is 3.13. The van der Waals surface area contributed by atoms with Crippen LogP contribution in [0.25, 0.3) is 11.0 Å². The van der Waals surface area contributed by atoms with Crippen molar-refractivity contribution < 1.29 is 0 Å². The Morgan fingerprint density at radius 3 is 2.09 bits per heavy atom. The summed E-state index contributed by atoms with van der Waals surface area (Å²) < 4.78 is 2.01. The molecule has 0 bridgehead atoms. The van der Waals surface area contributed by atoms with Crippen molar-refractivity contribution in [1.29, 1.82) is 0 Å². The van der Waals surface area contributed by atoms with E-state index >= 15 is 0 Å². The van der Waals surface area contributed by atoms with Gasteiger partial charge in [-0.3, -0.25) is 4.57 Å². The number of hydrogen-bond acceptors (Lipinski definition) is 3. The molecule has 0 radical (unpaired) electrons. The number of hydrogen-bond donors (Lipinski definition) is 1. The molecule has 0 atom stereocenters. The highest BCUT2D eigenvalue weighted by Gasteiger charge is 2.24. The van der Waals surface area contributed by atoms with Crippen LogP contribution in [0.5, 0.6) is 0 Å². The fraction of sp³-hybridized carbons (Fsp3) is 0.345. The van der Waals surface area contributed by atoms with E-state index in [-0.39, 0.29) is 11.7 Å². The summed E-state index contributed by atoms with van der Waals surface area (Å²) in [5, 5.41) is 0. The minimum absolute atomic E-state index is 0.0276. The van der Waals surface area contributed by atoms with Crippen molar-refractivity contribution in [3.05, 3.63) is 94.4 Å². The molecule has 1 aliphatic rings. The molecule has 1 aliphatic heterocycles. The van der Waals surface area contributed by atoms with Gasteiger partial charge in [0.2, 0.25) is 0 Å². The van der Waals surface area contributed by atoms with Crippen LogP contribution in [0.4, 0.5) is 11.4 Å². The van der Waals surface area contributed by atoms with Gasteiger partial charge in [0, 0.05) is 37.1 Å². The molecule has 34 heavy (non-hydrogen) atoms. The van der Waals surface area contributed by atoms with Crippen molar-refractivity contribution in [3.8, 4) is 0 Å². The van der Waals surface area contributed by atoms with Crippen molar-refractivity contribution in [3.63, 3.8) is 0 Å². The normalized spacial score (nSPS) is 15.1. The predicted octanol–water partition coefficient (Wildman–Crippen LogP) is 5.81. The number of imidazole rings is 1. The molecule has 1 N–H and O–H groups in total. The monoisotopic (exact) mass is 454 g/mol. The number of aromatic amines is 1. The quantitative estimate of drug-likeness (QED) is 0.383. The summed E-state index contributed by atoms with van der Waals surface area (Å²) in [4.78, 5) is 20.8. The zero-order chi connectivity index (χ0) is 23.5. The predicted molar refractivity (Wildman–Crippen MR) is 141 cm³/mol. The van der Waals surface area contributed by atoms with Gasteiger partial charge in [-0.2, -0.15) is 0 Å². The van der Waals surface area contributed by atoms with Crippen LogP contribution in [-0.2, 0) is 0 Å². The molecule has 1 saturated heterocycles. The highest BCUT2D eigenvalue weighted by Crippen LogP contribution is 2.28. The third kappa shape index (κ3) is 4.66. The van der Waals surface area contributed by atoms with Crippen molar-refractivity contribution in [1.82, 2.24) is 14.5 Å². The first-order valence-electron chi connectivity index (χ1n) is 12.4. The molecule has 5 nitrogen and oxygen atoms in total. The van der Waals surface area contributed by atoms with Crippen LogP contribution < -0.4 is 10.6 Å². The minimum atomic E-state index is 0.0276. The molecule has 1 fully saturated rings. The van der Waals surface area contributed by atoms with Crippen LogP contribution in [0.1, 0.15) is 36.4 Å². The number of fused-ring (bicyclic) bond motifs is 1. The first kappa shape index (κ1) is 22.5. The molecule has 0 saturated carbocycles. The van der Waals surface area contributed by atoms with Gasteiger partial charge in [0.25, 0.3) is 0 Å². The second kappa shape index (κ2) is 9.90. The van der Waals surface area contributed by atoms with E-state index in [2.05, 4.69) is 101 Å². The number of H-pyrrole nitrogens is 1. The second-order valence-corrected chi connectivity index (χ2v) is 9.50. The number of aryl methyl sites for hydroxylation is 2. The Kier molecular flexibility index (Phi) is 6.54. The smallest absolute Gasteiger partial charge is 0.326 e. The van der Waals surface area contributed by atoms with Crippen LogP contribution in [0.15, 0.2) is 77.6 Å². The fourth-order valence-electron chi connectivity index (χ4n) is 5.22. The van der Waals surface area contributed by atoms with Crippen molar-refractivity contribution >= 4 is 22.4 Å². The molecule has 5 heteroatoms. The molecule has 3 aromatic carbocycles. The number of anilines is 2. The first-order valence-corrected chi connectivity index (χ1v) is 12.4. The summed E-state index contributed by atoms with van der Waals surface area (Å²) >= 11 is 0. The zero-order valence-corrected chi connectivity index (χ0v) is 20.2. The molecule has 1 aromatic heterocycles. The number of likely N-dealkylation sites (tertiary alicyclic amines) is 1. The number of aromatic nitrogens is 2. The van der Waals surface area contributed by atoms with Gasteiger partial charge in [-0.05, 0) is 87.2 Å². The van der Waals surface area contributed by atoms with Gasteiger partial charge in [-0.1, -0.05) is 36.4 Å². The Labute approximate surface area is 201 Å². The van der Waals surface area contributed by atoms with Gasteiger partial charge in [-0.15, -0.1) is 0 Å². The zero-order valence-electron chi connectivity index (χ0n) is 20.2. The fourth-order valence-corrected chi connectivity index (χ4v) is 5.22. The van der Waals surface area contributed by atoms with Crippen LogP contribution in [0.3, 0.4) is 0 Å². The van der Waals surface area contributed by atoms with Crippen LogP contribution in [0, 0.1) is 13.8 Å². The summed E-state index contributed by atoms with van der Waals surface area (Å²) in [5.74, 6) is 0. The van der Waals surface area contributed by atoms with E-state index in [4.69, 9.17) is 0 Å². The van der Waals surface area contributed by atoms with Crippen LogP contribution >= 0.6 is 0 Å². The van der Waals surface area contributed by atoms with E-state index in [1.807, 2.05) is 4.57 Å². The van der Waals surface area contributed by atoms with Crippen LogP contribution in [0.2, 0.25) is 0 Å². The molecule has 2 heterocycles. The number of nitrogens with zero attached hydrogens (tertiary/aromatic N) is 3. The number of para-hydroxylation sites is 2. The topological polar surface area (TPSA) is 44.3 Å². The molecule has 0 spiro atoms. The van der Waals surface area contributed by atoms with Crippen molar-refractivity contribution in [2.24, 2.45) is 0 Å². The highest BCUT2D eigenvalue weighted by molar-refractivity contribution is 5.77. The number of nitrogens with one attached hydrogen (secondary N) is 1. The maximum atomic E-state index is 12.7. The van der Waals surface area contributed by atoms with Gasteiger partial charge in [-0.25, -0.2) is 4.79 Å². The van der Waals surface area contributed by atoms with E-state index < -0.39 is 0 Å². The maximum Gasteiger partial charge on any atom is 0.326 e. The van der Waals surface area contributed by atoms with E-state index in [0.29, 0.717) is 0 Å². The average Bonchev–Trinajstić information content (AvgIpc) is 3.18. The largest absolute Gasteiger partial charge is 0.341 e. The lowest BCUT2D eigenvalue weighted by Crippen LogP contribution is -2.38. The number of piperidine rings is 1. The average molecular weight is 455 g/mol. The summed E-state index contributed by atoms with van der Waals surface area (Å²) in [5.41, 5.74) is 6.95. The van der Waals surface area contributed by atoms with E-state index in [1.165, 1.54) is 22.5 Å². The minimum Gasteiger partial charge on any atom is -0.341 e. The molecular weight excluding hydrogens is 420 g/mol. The van der Waals surface area contributed by atoms with Gasteiger partial charge in [0.15, 0.2) is 0 Å². The standard InChI is InChI=1S/C29H34N4O/c1-22-20-27-28(21-23(22)2)33(29(34)30-27)26-14-18-31(19-15-26)16-9-17-32(24-10-5-3-6-11-24)25-12-7-4-8-13-25/h3-8,10-13,20-21,26H,9,14-19H2,1-2H3,(H,30,34). The maximum absolute atomic E-state index is 12.7. The molecule has 4 aromatic rings. The molecule has 5 rings (SSSR count). The molecule has 0 amide bonds. The summed E-state index contributed by atoms with van der Waals surface area (Å²) in [6.45, 7) is 8.34. The van der Waals surface area contributed by atoms with Gasteiger partial charge >= 0.3 is 5.69 Å². The molecule has 0 unspecified atom stereocenters. The Bertz CT molecular complexity index is 1240. The third-order valence-electron chi connectivity index (χ3n) is 7.25. The molecule has 0 aliphatic carbocycles. The van der Waals surface area contributed by atoms with Crippen LogP contribution in [-0.4, -0.2) is 40.6 Å². The lowest BCUT2D eigenvalue weighted by Gasteiger charge is -2.33. The van der Waals surface area contributed by atoms with Gasteiger partial charge < -0.3 is 14.8 Å². The lowest BCUT2D eigenvalue weighted by molar-refractivity contribution is 0.186. The lowest BCUT2D eigenvalue weighted by atomic mass is 10.0.